The molecule has 3 heteroatoms. The first-order chi connectivity index (χ1) is 7.09. The van der Waals surface area contributed by atoms with Gasteiger partial charge in [0.05, 0.1) is 12.2 Å². The number of aryl methyl sites for hydroxylation is 2. The second-order valence-electron chi connectivity index (χ2n) is 4.46. The van der Waals surface area contributed by atoms with E-state index in [-0.39, 0.29) is 0 Å². The van der Waals surface area contributed by atoms with Gasteiger partial charge in [-0.1, -0.05) is 13.8 Å². The molecule has 0 aliphatic heterocycles. The summed E-state index contributed by atoms with van der Waals surface area (Å²) in [6, 6.07) is 0. The number of hydrogen-bond donors (Lipinski definition) is 1. The van der Waals surface area contributed by atoms with Gasteiger partial charge in [-0.2, -0.15) is 0 Å². The lowest BCUT2D eigenvalue weighted by molar-refractivity contribution is 0.441. The van der Waals surface area contributed by atoms with E-state index >= 15 is 0 Å². The summed E-state index contributed by atoms with van der Waals surface area (Å²) in [5.41, 5.74) is 0.994. The van der Waals surface area contributed by atoms with E-state index in [1.807, 2.05) is 13.8 Å². The number of rotatable bonds is 6. The fourth-order valence-electron chi connectivity index (χ4n) is 1.45. The highest BCUT2D eigenvalue weighted by atomic mass is 16.4. The Morgan fingerprint density at radius 1 is 1.33 bits per heavy atom. The van der Waals surface area contributed by atoms with Crippen molar-refractivity contribution in [1.82, 2.24) is 10.3 Å². The van der Waals surface area contributed by atoms with Gasteiger partial charge in [0, 0.05) is 0 Å². The molecule has 1 aromatic rings. The lowest BCUT2D eigenvalue weighted by atomic mass is 10.1. The molecule has 3 nitrogen and oxygen atoms in total. The third-order valence-electron chi connectivity index (χ3n) is 2.48. The Morgan fingerprint density at radius 2 is 2.07 bits per heavy atom. The van der Waals surface area contributed by atoms with Crippen LogP contribution in [0.3, 0.4) is 0 Å². The van der Waals surface area contributed by atoms with Gasteiger partial charge in [0.2, 0.25) is 5.89 Å². The Kier molecular flexibility index (Phi) is 4.82. The molecule has 0 spiro atoms. The molecule has 86 valence electrons. The van der Waals surface area contributed by atoms with Crippen molar-refractivity contribution in [3.8, 4) is 0 Å². The van der Waals surface area contributed by atoms with Gasteiger partial charge < -0.3 is 9.73 Å². The van der Waals surface area contributed by atoms with Gasteiger partial charge in [-0.25, -0.2) is 4.98 Å². The summed E-state index contributed by atoms with van der Waals surface area (Å²) < 4.78 is 5.47. The molecule has 1 rings (SSSR count). The molecule has 0 fully saturated rings. The third-order valence-corrected chi connectivity index (χ3v) is 2.48. The van der Waals surface area contributed by atoms with Crippen molar-refractivity contribution in [3.05, 3.63) is 17.3 Å². The number of oxazole rings is 1. The van der Waals surface area contributed by atoms with Crippen molar-refractivity contribution in [1.29, 1.82) is 0 Å². The SMILES string of the molecule is Cc1nc(CNCCCC(C)C)oc1C. The van der Waals surface area contributed by atoms with E-state index in [2.05, 4.69) is 24.1 Å². The van der Waals surface area contributed by atoms with Gasteiger partial charge in [0.25, 0.3) is 0 Å². The van der Waals surface area contributed by atoms with Crippen LogP contribution >= 0.6 is 0 Å². The second-order valence-corrected chi connectivity index (χ2v) is 4.46. The maximum Gasteiger partial charge on any atom is 0.208 e. The number of nitrogens with one attached hydrogen (secondary N) is 1. The van der Waals surface area contributed by atoms with Gasteiger partial charge >= 0.3 is 0 Å². The first-order valence-corrected chi connectivity index (χ1v) is 5.73. The fourth-order valence-corrected chi connectivity index (χ4v) is 1.45. The van der Waals surface area contributed by atoms with Crippen LogP contribution in [0.1, 0.15) is 44.0 Å². The quantitative estimate of drug-likeness (QED) is 0.734. The Labute approximate surface area is 92.3 Å². The minimum atomic E-state index is 0.743. The molecular weight excluding hydrogens is 188 g/mol. The highest BCUT2D eigenvalue weighted by Gasteiger charge is 2.04. The van der Waals surface area contributed by atoms with E-state index in [4.69, 9.17) is 4.42 Å². The summed E-state index contributed by atoms with van der Waals surface area (Å²) in [5.74, 6) is 2.52. The molecule has 0 saturated heterocycles. The lowest BCUT2D eigenvalue weighted by Crippen LogP contribution is -2.15. The molecule has 0 unspecified atom stereocenters. The van der Waals surface area contributed by atoms with Crippen molar-refractivity contribution in [2.45, 2.75) is 47.1 Å². The molecule has 0 atom stereocenters. The second kappa shape index (κ2) is 5.91. The van der Waals surface area contributed by atoms with Crippen LogP contribution in [-0.2, 0) is 6.54 Å². The number of aromatic nitrogens is 1. The maximum absolute atomic E-state index is 5.47. The molecular formula is C12H22N2O. The van der Waals surface area contributed by atoms with Gasteiger partial charge in [-0.15, -0.1) is 0 Å². The summed E-state index contributed by atoms with van der Waals surface area (Å²) >= 11 is 0. The molecule has 0 radical (unpaired) electrons. The van der Waals surface area contributed by atoms with Crippen LogP contribution in [-0.4, -0.2) is 11.5 Å². The average molecular weight is 210 g/mol. The van der Waals surface area contributed by atoms with Crippen LogP contribution in [0.15, 0.2) is 4.42 Å². The van der Waals surface area contributed by atoms with E-state index in [0.29, 0.717) is 0 Å². The predicted octanol–water partition coefficient (Wildman–Crippen LogP) is 2.82. The van der Waals surface area contributed by atoms with Crippen LogP contribution in [0.4, 0.5) is 0 Å². The fraction of sp³-hybridized carbons (Fsp3) is 0.750. The topological polar surface area (TPSA) is 38.1 Å². The number of nitrogens with zero attached hydrogens (tertiary/aromatic N) is 1. The Balaban J connectivity index is 2.15. The van der Waals surface area contributed by atoms with E-state index in [0.717, 1.165) is 36.4 Å². The monoisotopic (exact) mass is 210 g/mol. The van der Waals surface area contributed by atoms with Crippen LogP contribution in [0.2, 0.25) is 0 Å². The van der Waals surface area contributed by atoms with Crippen LogP contribution in [0, 0.1) is 19.8 Å². The number of hydrogen-bond acceptors (Lipinski definition) is 3. The van der Waals surface area contributed by atoms with Crippen LogP contribution in [0.25, 0.3) is 0 Å². The Hall–Kier alpha value is -0.830. The van der Waals surface area contributed by atoms with Crippen molar-refractivity contribution in [3.63, 3.8) is 0 Å². The minimum Gasteiger partial charge on any atom is -0.444 e. The normalized spacial score (nSPS) is 11.3. The van der Waals surface area contributed by atoms with Gasteiger partial charge in [0.15, 0.2) is 0 Å². The van der Waals surface area contributed by atoms with Gasteiger partial charge in [-0.3, -0.25) is 0 Å². The van der Waals surface area contributed by atoms with E-state index < -0.39 is 0 Å². The van der Waals surface area contributed by atoms with Gasteiger partial charge in [-0.05, 0) is 39.2 Å². The third kappa shape index (κ3) is 4.47. The van der Waals surface area contributed by atoms with Crippen molar-refractivity contribution in [2.75, 3.05) is 6.54 Å². The average Bonchev–Trinajstić information content (AvgIpc) is 2.45. The van der Waals surface area contributed by atoms with Gasteiger partial charge in [0.1, 0.15) is 5.76 Å². The minimum absolute atomic E-state index is 0.743. The summed E-state index contributed by atoms with van der Waals surface area (Å²) in [7, 11) is 0. The van der Waals surface area contributed by atoms with Crippen molar-refractivity contribution >= 4 is 0 Å². The molecule has 0 bridgehead atoms. The zero-order valence-electron chi connectivity index (χ0n) is 10.3. The molecule has 0 aliphatic rings. The smallest absolute Gasteiger partial charge is 0.208 e. The van der Waals surface area contributed by atoms with Crippen molar-refractivity contribution < 1.29 is 4.42 Å². The van der Waals surface area contributed by atoms with E-state index in [1.54, 1.807) is 0 Å². The van der Waals surface area contributed by atoms with E-state index in [9.17, 15) is 0 Å². The summed E-state index contributed by atoms with van der Waals surface area (Å²) in [4.78, 5) is 4.31. The largest absolute Gasteiger partial charge is 0.444 e. The summed E-state index contributed by atoms with van der Waals surface area (Å²) in [5, 5.41) is 3.34. The summed E-state index contributed by atoms with van der Waals surface area (Å²) in [6.45, 7) is 10.2. The molecule has 1 aromatic heterocycles. The lowest BCUT2D eigenvalue weighted by Gasteiger charge is -2.04. The first-order valence-electron chi connectivity index (χ1n) is 5.73. The molecule has 15 heavy (non-hydrogen) atoms. The first kappa shape index (κ1) is 12.2. The Morgan fingerprint density at radius 3 is 2.60 bits per heavy atom. The molecule has 0 saturated carbocycles. The predicted molar refractivity (Wildman–Crippen MR) is 61.8 cm³/mol. The highest BCUT2D eigenvalue weighted by molar-refractivity contribution is 5.04. The zero-order chi connectivity index (χ0) is 11.3. The highest BCUT2D eigenvalue weighted by Crippen LogP contribution is 2.08. The zero-order valence-corrected chi connectivity index (χ0v) is 10.3. The summed E-state index contributed by atoms with van der Waals surface area (Å²) in [6.07, 6.45) is 2.49. The standard InChI is InChI=1S/C12H22N2O/c1-9(2)6-5-7-13-8-12-14-10(3)11(4)15-12/h9,13H,5-8H2,1-4H3. The van der Waals surface area contributed by atoms with Crippen LogP contribution in [0.5, 0.6) is 0 Å². The molecule has 1 heterocycles. The van der Waals surface area contributed by atoms with Crippen LogP contribution < -0.4 is 5.32 Å². The molecule has 0 aliphatic carbocycles. The maximum atomic E-state index is 5.47. The Bertz CT molecular complexity index is 272. The molecule has 0 aromatic carbocycles. The van der Waals surface area contributed by atoms with Crippen molar-refractivity contribution in [2.24, 2.45) is 5.92 Å². The molecule has 1 N–H and O–H groups in total. The van der Waals surface area contributed by atoms with E-state index in [1.165, 1.54) is 12.8 Å². The molecule has 0 amide bonds.